The fourth-order valence-corrected chi connectivity index (χ4v) is 4.56. The number of carbonyl (C=O) groups is 2. The Morgan fingerprint density at radius 3 is 2.48 bits per heavy atom. The summed E-state index contributed by atoms with van der Waals surface area (Å²) in [5, 5.41) is 3.12. The van der Waals surface area contributed by atoms with E-state index >= 15 is 0 Å². The number of primary amides is 1. The second-order valence-corrected chi connectivity index (χ2v) is 8.32. The van der Waals surface area contributed by atoms with E-state index < -0.39 is 5.91 Å². The highest BCUT2D eigenvalue weighted by molar-refractivity contribution is 9.11. The van der Waals surface area contributed by atoms with Gasteiger partial charge in [0.15, 0.2) is 6.61 Å². The van der Waals surface area contributed by atoms with Crippen LogP contribution in [0.3, 0.4) is 0 Å². The summed E-state index contributed by atoms with van der Waals surface area (Å²) in [6.07, 6.45) is 0. The van der Waals surface area contributed by atoms with Crippen molar-refractivity contribution < 1.29 is 14.3 Å². The maximum Gasteiger partial charge on any atom is 0.262 e. The highest BCUT2D eigenvalue weighted by Gasteiger charge is 2.17. The van der Waals surface area contributed by atoms with Gasteiger partial charge in [-0.05, 0) is 45.8 Å². The highest BCUT2D eigenvalue weighted by Crippen LogP contribution is 2.35. The van der Waals surface area contributed by atoms with Crippen molar-refractivity contribution in [1.82, 2.24) is 0 Å². The Kier molecular flexibility index (Phi) is 6.30. The molecule has 0 aliphatic carbocycles. The van der Waals surface area contributed by atoms with E-state index in [-0.39, 0.29) is 18.1 Å². The van der Waals surface area contributed by atoms with Crippen LogP contribution in [0.15, 0.2) is 63.5 Å². The lowest BCUT2D eigenvalue weighted by atomic mass is 10.1. The van der Waals surface area contributed by atoms with Gasteiger partial charge >= 0.3 is 0 Å². The number of benzene rings is 2. The van der Waals surface area contributed by atoms with E-state index in [4.69, 9.17) is 10.5 Å². The molecular formula is C19H14Br2N2O3S. The van der Waals surface area contributed by atoms with Crippen molar-refractivity contribution in [3.8, 4) is 16.2 Å². The molecule has 2 aromatic carbocycles. The molecule has 1 heterocycles. The third-order valence-electron chi connectivity index (χ3n) is 3.56. The summed E-state index contributed by atoms with van der Waals surface area (Å²) in [5.41, 5.74) is 6.68. The zero-order valence-corrected chi connectivity index (χ0v) is 17.9. The second-order valence-electron chi connectivity index (χ2n) is 5.50. The normalized spacial score (nSPS) is 10.4. The van der Waals surface area contributed by atoms with Crippen LogP contribution in [0.4, 0.5) is 5.00 Å². The first kappa shape index (κ1) is 19.6. The molecule has 2 amide bonds. The smallest absolute Gasteiger partial charge is 0.262 e. The van der Waals surface area contributed by atoms with Crippen molar-refractivity contribution in [2.45, 2.75) is 0 Å². The summed E-state index contributed by atoms with van der Waals surface area (Å²) in [6, 6.07) is 16.6. The van der Waals surface area contributed by atoms with Gasteiger partial charge in [0.1, 0.15) is 10.8 Å². The molecule has 3 aromatic rings. The monoisotopic (exact) mass is 508 g/mol. The van der Waals surface area contributed by atoms with Gasteiger partial charge in [0.25, 0.3) is 11.8 Å². The van der Waals surface area contributed by atoms with Crippen LogP contribution in [-0.2, 0) is 4.79 Å². The molecule has 3 rings (SSSR count). The van der Waals surface area contributed by atoms with Gasteiger partial charge in [-0.3, -0.25) is 9.59 Å². The molecular weight excluding hydrogens is 496 g/mol. The number of thiophene rings is 1. The number of rotatable bonds is 6. The number of halogens is 2. The maximum absolute atomic E-state index is 12.3. The van der Waals surface area contributed by atoms with Gasteiger partial charge in [-0.1, -0.05) is 46.3 Å². The van der Waals surface area contributed by atoms with Gasteiger partial charge in [-0.2, -0.15) is 0 Å². The standard InChI is InChI=1S/C19H14Br2N2O3S/c20-12-6-7-15(14(21)8-12)26-10-17(24)23-19-13(18(22)25)9-16(27-19)11-4-2-1-3-5-11/h1-9H,10H2,(H2,22,25)(H,23,24). The highest BCUT2D eigenvalue weighted by atomic mass is 79.9. The van der Waals surface area contributed by atoms with Crippen LogP contribution in [0, 0.1) is 0 Å². The molecule has 27 heavy (non-hydrogen) atoms. The second kappa shape index (κ2) is 8.69. The molecule has 5 nitrogen and oxygen atoms in total. The molecule has 0 radical (unpaired) electrons. The molecule has 0 unspecified atom stereocenters. The molecule has 3 N–H and O–H groups in total. The number of nitrogens with two attached hydrogens (primary N) is 1. The van der Waals surface area contributed by atoms with E-state index in [0.29, 0.717) is 10.8 Å². The van der Waals surface area contributed by atoms with Crippen LogP contribution in [0.1, 0.15) is 10.4 Å². The molecule has 0 aliphatic rings. The van der Waals surface area contributed by atoms with Crippen molar-refractivity contribution in [2.75, 3.05) is 11.9 Å². The number of hydrogen-bond acceptors (Lipinski definition) is 4. The number of carbonyl (C=O) groups excluding carboxylic acids is 2. The van der Waals surface area contributed by atoms with Gasteiger partial charge in [0.2, 0.25) is 0 Å². The lowest BCUT2D eigenvalue weighted by Gasteiger charge is -2.09. The number of amides is 2. The van der Waals surface area contributed by atoms with Crippen LogP contribution >= 0.6 is 43.2 Å². The van der Waals surface area contributed by atoms with E-state index in [9.17, 15) is 9.59 Å². The van der Waals surface area contributed by atoms with Crippen molar-refractivity contribution in [2.24, 2.45) is 5.73 Å². The quantitative estimate of drug-likeness (QED) is 0.487. The van der Waals surface area contributed by atoms with E-state index in [1.807, 2.05) is 42.5 Å². The first-order chi connectivity index (χ1) is 12.9. The Balaban J connectivity index is 1.73. The average molecular weight is 510 g/mol. The zero-order valence-electron chi connectivity index (χ0n) is 13.9. The number of anilines is 1. The predicted octanol–water partition coefficient (Wildman–Crippen LogP) is 5.06. The molecule has 0 bridgehead atoms. The number of ether oxygens (including phenoxy) is 1. The van der Waals surface area contributed by atoms with E-state index in [1.165, 1.54) is 11.3 Å². The topological polar surface area (TPSA) is 81.4 Å². The molecule has 138 valence electrons. The molecule has 0 atom stereocenters. The van der Waals surface area contributed by atoms with Crippen LogP contribution in [0.25, 0.3) is 10.4 Å². The summed E-state index contributed by atoms with van der Waals surface area (Å²) >= 11 is 8.03. The summed E-state index contributed by atoms with van der Waals surface area (Å²) in [7, 11) is 0. The molecule has 0 fully saturated rings. The summed E-state index contributed by atoms with van der Waals surface area (Å²) in [6.45, 7) is -0.197. The van der Waals surface area contributed by atoms with Gasteiger partial charge < -0.3 is 15.8 Å². The minimum Gasteiger partial charge on any atom is -0.483 e. The van der Waals surface area contributed by atoms with Gasteiger partial charge in [0.05, 0.1) is 10.0 Å². The van der Waals surface area contributed by atoms with Gasteiger partial charge in [-0.15, -0.1) is 11.3 Å². The van der Waals surface area contributed by atoms with Crippen molar-refractivity contribution >= 4 is 60.0 Å². The Hall–Kier alpha value is -2.16. The third-order valence-corrected chi connectivity index (χ3v) is 5.77. The lowest BCUT2D eigenvalue weighted by molar-refractivity contribution is -0.118. The van der Waals surface area contributed by atoms with Crippen LogP contribution in [0.2, 0.25) is 0 Å². The summed E-state index contributed by atoms with van der Waals surface area (Å²) < 4.78 is 7.15. The predicted molar refractivity (Wildman–Crippen MR) is 114 cm³/mol. The third kappa shape index (κ3) is 4.97. The van der Waals surface area contributed by atoms with Crippen molar-refractivity contribution in [3.63, 3.8) is 0 Å². The fraction of sp³-hybridized carbons (Fsp3) is 0.0526. The Morgan fingerprint density at radius 1 is 1.07 bits per heavy atom. The molecule has 8 heteroatoms. The minimum absolute atomic E-state index is 0.197. The fourth-order valence-electron chi connectivity index (χ4n) is 2.31. The SMILES string of the molecule is NC(=O)c1cc(-c2ccccc2)sc1NC(=O)COc1ccc(Br)cc1Br. The minimum atomic E-state index is -0.597. The largest absolute Gasteiger partial charge is 0.483 e. The zero-order chi connectivity index (χ0) is 19.4. The van der Waals surface area contributed by atoms with E-state index in [1.54, 1.807) is 12.1 Å². The molecule has 0 spiro atoms. The summed E-state index contributed by atoms with van der Waals surface area (Å²) in [5.74, 6) is -0.436. The van der Waals surface area contributed by atoms with E-state index in [0.717, 1.165) is 19.4 Å². The Bertz CT molecular complexity index is 990. The van der Waals surface area contributed by atoms with Crippen LogP contribution in [0.5, 0.6) is 5.75 Å². The number of hydrogen-bond donors (Lipinski definition) is 2. The average Bonchev–Trinajstić information content (AvgIpc) is 3.06. The first-order valence-corrected chi connectivity index (χ1v) is 10.2. The Morgan fingerprint density at radius 2 is 1.81 bits per heavy atom. The molecule has 0 aliphatic heterocycles. The summed E-state index contributed by atoms with van der Waals surface area (Å²) in [4.78, 5) is 24.9. The van der Waals surface area contributed by atoms with Crippen LogP contribution in [-0.4, -0.2) is 18.4 Å². The maximum atomic E-state index is 12.3. The van der Waals surface area contributed by atoms with E-state index in [2.05, 4.69) is 37.2 Å². The number of nitrogens with one attached hydrogen (secondary N) is 1. The van der Waals surface area contributed by atoms with Gasteiger partial charge in [-0.25, -0.2) is 0 Å². The lowest BCUT2D eigenvalue weighted by Crippen LogP contribution is -2.21. The first-order valence-electron chi connectivity index (χ1n) is 7.81. The Labute approximate surface area is 176 Å². The molecule has 0 saturated heterocycles. The molecule has 1 aromatic heterocycles. The van der Waals surface area contributed by atoms with Crippen molar-refractivity contribution in [3.05, 3.63) is 69.1 Å². The van der Waals surface area contributed by atoms with Crippen LogP contribution < -0.4 is 15.8 Å². The van der Waals surface area contributed by atoms with Gasteiger partial charge in [0, 0.05) is 9.35 Å². The molecule has 0 saturated carbocycles. The van der Waals surface area contributed by atoms with Crippen molar-refractivity contribution in [1.29, 1.82) is 0 Å².